The monoisotopic (exact) mass is 426 g/mol. The Balaban J connectivity index is 1.59. The average molecular weight is 427 g/mol. The van der Waals surface area contributed by atoms with Crippen molar-refractivity contribution in [3.63, 3.8) is 0 Å². The number of fused-ring (bicyclic) bond motifs is 1. The molecular formula is C24H30N2O5. The summed E-state index contributed by atoms with van der Waals surface area (Å²) in [4.78, 5) is 27.1. The van der Waals surface area contributed by atoms with Gasteiger partial charge in [0.25, 0.3) is 5.91 Å². The molecule has 1 heterocycles. The molecule has 0 fully saturated rings. The lowest BCUT2D eigenvalue weighted by atomic mass is 10.1. The summed E-state index contributed by atoms with van der Waals surface area (Å²) in [6, 6.07) is 14.8. The Morgan fingerprint density at radius 2 is 1.77 bits per heavy atom. The highest BCUT2D eigenvalue weighted by molar-refractivity contribution is 5.97. The van der Waals surface area contributed by atoms with E-state index in [9.17, 15) is 9.59 Å². The van der Waals surface area contributed by atoms with E-state index in [-0.39, 0.29) is 18.4 Å². The van der Waals surface area contributed by atoms with Crippen molar-refractivity contribution in [2.24, 2.45) is 0 Å². The number of amides is 2. The van der Waals surface area contributed by atoms with Gasteiger partial charge in [0.05, 0.1) is 25.4 Å². The van der Waals surface area contributed by atoms with Crippen LogP contribution in [0.15, 0.2) is 48.5 Å². The number of anilines is 1. The van der Waals surface area contributed by atoms with Gasteiger partial charge in [-0.2, -0.15) is 0 Å². The minimum Gasteiger partial charge on any atom is -0.490 e. The van der Waals surface area contributed by atoms with E-state index in [1.807, 2.05) is 56.3 Å². The summed E-state index contributed by atoms with van der Waals surface area (Å²) in [6.07, 6.45) is 0.962. The molecule has 166 valence electrons. The quantitative estimate of drug-likeness (QED) is 0.588. The minimum absolute atomic E-state index is 0.0641. The van der Waals surface area contributed by atoms with Gasteiger partial charge < -0.3 is 24.4 Å². The summed E-state index contributed by atoms with van der Waals surface area (Å²) in [5.74, 6) is 1.64. The van der Waals surface area contributed by atoms with Crippen molar-refractivity contribution >= 4 is 17.5 Å². The minimum atomic E-state index is -0.722. The molecule has 1 aliphatic heterocycles. The van der Waals surface area contributed by atoms with Gasteiger partial charge in [-0.3, -0.25) is 9.59 Å². The van der Waals surface area contributed by atoms with Crippen LogP contribution in [-0.4, -0.2) is 44.2 Å². The summed E-state index contributed by atoms with van der Waals surface area (Å²) in [6.45, 7) is 5.63. The molecule has 2 aromatic rings. The van der Waals surface area contributed by atoms with Crippen molar-refractivity contribution in [2.45, 2.75) is 39.2 Å². The fourth-order valence-corrected chi connectivity index (χ4v) is 3.35. The third-order valence-electron chi connectivity index (χ3n) is 4.86. The predicted octanol–water partition coefficient (Wildman–Crippen LogP) is 3.56. The van der Waals surface area contributed by atoms with Gasteiger partial charge in [0, 0.05) is 13.0 Å². The molecule has 0 radical (unpaired) electrons. The lowest BCUT2D eigenvalue weighted by Crippen LogP contribution is -2.50. The molecule has 0 aliphatic carbocycles. The Hall–Kier alpha value is -3.22. The van der Waals surface area contributed by atoms with E-state index in [0.717, 1.165) is 6.42 Å². The molecule has 1 atom stereocenters. The fraction of sp³-hybridized carbons (Fsp3) is 0.417. The highest BCUT2D eigenvalue weighted by Crippen LogP contribution is 2.33. The van der Waals surface area contributed by atoms with Crippen LogP contribution in [0.5, 0.6) is 17.2 Å². The first-order valence-corrected chi connectivity index (χ1v) is 10.8. The number of nitrogens with zero attached hydrogens (tertiary/aromatic N) is 1. The van der Waals surface area contributed by atoms with Crippen LogP contribution in [-0.2, 0) is 9.59 Å². The maximum atomic E-state index is 13.0. The van der Waals surface area contributed by atoms with Crippen LogP contribution in [0.25, 0.3) is 0 Å². The van der Waals surface area contributed by atoms with Crippen molar-refractivity contribution in [3.05, 3.63) is 48.5 Å². The van der Waals surface area contributed by atoms with E-state index in [1.165, 1.54) is 0 Å². The van der Waals surface area contributed by atoms with Gasteiger partial charge in [-0.1, -0.05) is 31.2 Å². The molecule has 2 amide bonds. The smallest absolute Gasteiger partial charge is 0.262 e. The standard InChI is InChI=1S/C24H30N2O5/c1-3-15-25-24(28)22-17-26(18-10-5-6-11-19(18)31-22)23(27)14-9-16-30-21-13-8-7-12-20(21)29-4-2/h5-8,10-13,22H,3-4,9,14-17H2,1-2H3,(H,25,28)/t22-/m0/s1. The molecule has 0 aromatic heterocycles. The third-order valence-corrected chi connectivity index (χ3v) is 4.86. The Morgan fingerprint density at radius 1 is 1.06 bits per heavy atom. The first-order valence-electron chi connectivity index (χ1n) is 10.8. The number of para-hydroxylation sites is 4. The second-order valence-electron chi connectivity index (χ2n) is 7.20. The van der Waals surface area contributed by atoms with Gasteiger partial charge in [0.2, 0.25) is 5.91 Å². The molecule has 2 aromatic carbocycles. The lowest BCUT2D eigenvalue weighted by Gasteiger charge is -2.34. The van der Waals surface area contributed by atoms with Crippen molar-refractivity contribution in [2.75, 3.05) is 31.2 Å². The molecule has 1 N–H and O–H groups in total. The number of hydrogen-bond donors (Lipinski definition) is 1. The molecule has 31 heavy (non-hydrogen) atoms. The molecule has 0 unspecified atom stereocenters. The lowest BCUT2D eigenvalue weighted by molar-refractivity contribution is -0.128. The number of ether oxygens (including phenoxy) is 3. The van der Waals surface area contributed by atoms with Crippen LogP contribution in [0.3, 0.4) is 0 Å². The number of nitrogens with one attached hydrogen (secondary N) is 1. The van der Waals surface area contributed by atoms with Gasteiger partial charge >= 0.3 is 0 Å². The number of benzene rings is 2. The molecule has 0 saturated carbocycles. The van der Waals surface area contributed by atoms with Crippen LogP contribution in [0.2, 0.25) is 0 Å². The van der Waals surface area contributed by atoms with Crippen molar-refractivity contribution in [1.82, 2.24) is 5.32 Å². The van der Waals surface area contributed by atoms with Crippen molar-refractivity contribution in [1.29, 1.82) is 0 Å². The number of rotatable bonds is 10. The van der Waals surface area contributed by atoms with Crippen LogP contribution >= 0.6 is 0 Å². The topological polar surface area (TPSA) is 77.1 Å². The number of carbonyl (C=O) groups excluding carboxylic acids is 2. The van der Waals surface area contributed by atoms with Crippen molar-refractivity contribution in [3.8, 4) is 17.2 Å². The van der Waals surface area contributed by atoms with E-state index in [1.54, 1.807) is 11.0 Å². The highest BCUT2D eigenvalue weighted by Gasteiger charge is 2.33. The van der Waals surface area contributed by atoms with E-state index in [4.69, 9.17) is 14.2 Å². The third kappa shape index (κ3) is 5.90. The summed E-state index contributed by atoms with van der Waals surface area (Å²) in [7, 11) is 0. The van der Waals surface area contributed by atoms with Gasteiger partial charge in [0.15, 0.2) is 17.6 Å². The molecule has 7 nitrogen and oxygen atoms in total. The van der Waals surface area contributed by atoms with E-state index < -0.39 is 6.10 Å². The van der Waals surface area contributed by atoms with Gasteiger partial charge in [-0.05, 0) is 44.0 Å². The summed E-state index contributed by atoms with van der Waals surface area (Å²) < 4.78 is 17.2. The molecule has 3 rings (SSSR count). The molecule has 1 aliphatic rings. The zero-order valence-corrected chi connectivity index (χ0v) is 18.1. The molecule has 0 bridgehead atoms. The van der Waals surface area contributed by atoms with Gasteiger partial charge in [-0.25, -0.2) is 0 Å². The van der Waals surface area contributed by atoms with Gasteiger partial charge in [-0.15, -0.1) is 0 Å². The normalized spacial score (nSPS) is 14.9. The SMILES string of the molecule is CCCNC(=O)[C@@H]1CN(C(=O)CCCOc2ccccc2OCC)c2ccccc2O1. The van der Waals surface area contributed by atoms with Crippen LogP contribution < -0.4 is 24.4 Å². The molecule has 0 spiro atoms. The second kappa shape index (κ2) is 11.2. The first-order chi connectivity index (χ1) is 15.1. The van der Waals surface area contributed by atoms with E-state index in [2.05, 4.69) is 5.32 Å². The Morgan fingerprint density at radius 3 is 2.52 bits per heavy atom. The highest BCUT2D eigenvalue weighted by atomic mass is 16.5. The summed E-state index contributed by atoms with van der Waals surface area (Å²) in [5, 5.41) is 2.84. The van der Waals surface area contributed by atoms with Crippen LogP contribution in [0.1, 0.15) is 33.1 Å². The summed E-state index contributed by atoms with van der Waals surface area (Å²) >= 11 is 0. The molecular weight excluding hydrogens is 396 g/mol. The van der Waals surface area contributed by atoms with Gasteiger partial charge in [0.1, 0.15) is 5.75 Å². The molecule has 7 heteroatoms. The fourth-order valence-electron chi connectivity index (χ4n) is 3.35. The number of hydrogen-bond acceptors (Lipinski definition) is 5. The van der Waals surface area contributed by atoms with Crippen LogP contribution in [0, 0.1) is 0 Å². The maximum absolute atomic E-state index is 13.0. The Kier molecular flexibility index (Phi) is 8.15. The predicted molar refractivity (Wildman–Crippen MR) is 119 cm³/mol. The van der Waals surface area contributed by atoms with Crippen molar-refractivity contribution < 1.29 is 23.8 Å². The zero-order valence-electron chi connectivity index (χ0n) is 18.1. The summed E-state index contributed by atoms with van der Waals surface area (Å²) in [5.41, 5.74) is 0.689. The number of carbonyl (C=O) groups is 2. The molecule has 0 saturated heterocycles. The Labute approximate surface area is 183 Å². The maximum Gasteiger partial charge on any atom is 0.262 e. The largest absolute Gasteiger partial charge is 0.490 e. The Bertz CT molecular complexity index is 886. The second-order valence-corrected chi connectivity index (χ2v) is 7.20. The zero-order chi connectivity index (χ0) is 22.1. The average Bonchev–Trinajstić information content (AvgIpc) is 2.80. The van der Waals surface area contributed by atoms with Crippen LogP contribution in [0.4, 0.5) is 5.69 Å². The first kappa shape index (κ1) is 22.5. The van der Waals surface area contributed by atoms with E-state index >= 15 is 0 Å². The van der Waals surface area contributed by atoms with E-state index in [0.29, 0.717) is 55.5 Å².